The van der Waals surface area contributed by atoms with Gasteiger partial charge in [0.05, 0.1) is 11.9 Å². The van der Waals surface area contributed by atoms with E-state index in [1.807, 2.05) is 6.92 Å². The van der Waals surface area contributed by atoms with Crippen molar-refractivity contribution in [3.8, 4) is 5.88 Å². The Morgan fingerprint density at radius 3 is 2.70 bits per heavy atom. The molecule has 5 nitrogen and oxygen atoms in total. The molecule has 0 bridgehead atoms. The minimum absolute atomic E-state index is 0.153. The molecule has 0 aliphatic heterocycles. The van der Waals surface area contributed by atoms with Crippen LogP contribution in [0.5, 0.6) is 5.88 Å². The largest absolute Gasteiger partial charge is 0.468 e. The molecule has 0 saturated carbocycles. The first-order valence-corrected chi connectivity index (χ1v) is 6.11. The van der Waals surface area contributed by atoms with Gasteiger partial charge in [-0.25, -0.2) is 9.78 Å². The number of anilines is 1. The number of alkyl halides is 3. The number of unbranched alkanes of at least 4 members (excludes halogenated alkanes) is 1. The molecule has 112 valence electrons. The van der Waals surface area contributed by atoms with Crippen molar-refractivity contribution >= 4 is 11.7 Å². The number of amides is 2. The molecule has 1 heterocycles. The smallest absolute Gasteiger partial charge is 0.422 e. The standard InChI is InChI=1S/C12H16F3N3O2/c1-2-3-6-16-11(19)18-9-4-5-10(17-7-9)20-8-12(13,14)15/h4-5,7H,2-3,6,8H2,1H3,(H2,16,18,19). The Bertz CT molecular complexity index is 421. The summed E-state index contributed by atoms with van der Waals surface area (Å²) in [7, 11) is 0. The first-order valence-electron chi connectivity index (χ1n) is 6.11. The molecular weight excluding hydrogens is 275 g/mol. The Labute approximate surface area is 114 Å². The van der Waals surface area contributed by atoms with Gasteiger partial charge in [0.2, 0.25) is 5.88 Å². The molecule has 0 atom stereocenters. The van der Waals surface area contributed by atoms with Crippen molar-refractivity contribution < 1.29 is 22.7 Å². The predicted molar refractivity (Wildman–Crippen MR) is 67.7 cm³/mol. The van der Waals surface area contributed by atoms with Crippen molar-refractivity contribution in [2.75, 3.05) is 18.5 Å². The summed E-state index contributed by atoms with van der Waals surface area (Å²) < 4.78 is 40.2. The van der Waals surface area contributed by atoms with Gasteiger partial charge >= 0.3 is 12.2 Å². The number of carbonyl (C=O) groups is 1. The van der Waals surface area contributed by atoms with Crippen LogP contribution in [0.3, 0.4) is 0 Å². The SMILES string of the molecule is CCCCNC(=O)Nc1ccc(OCC(F)(F)F)nc1. The molecule has 8 heteroatoms. The summed E-state index contributed by atoms with van der Waals surface area (Å²) in [5, 5.41) is 5.14. The average molecular weight is 291 g/mol. The van der Waals surface area contributed by atoms with Gasteiger partial charge in [-0.3, -0.25) is 0 Å². The number of hydrogen-bond donors (Lipinski definition) is 2. The summed E-state index contributed by atoms with van der Waals surface area (Å²) in [6.07, 6.45) is -1.34. The lowest BCUT2D eigenvalue weighted by Crippen LogP contribution is -2.29. The molecule has 0 saturated heterocycles. The Kier molecular flexibility index (Phi) is 6.08. The highest BCUT2D eigenvalue weighted by Crippen LogP contribution is 2.17. The van der Waals surface area contributed by atoms with Crippen LogP contribution in [0.15, 0.2) is 18.3 Å². The summed E-state index contributed by atoms with van der Waals surface area (Å²) in [6.45, 7) is 1.16. The first kappa shape index (κ1) is 16.1. The van der Waals surface area contributed by atoms with Gasteiger partial charge in [0.1, 0.15) is 0 Å². The zero-order valence-electron chi connectivity index (χ0n) is 11.0. The first-order chi connectivity index (χ1) is 9.40. The third-order valence-electron chi connectivity index (χ3n) is 2.19. The molecule has 20 heavy (non-hydrogen) atoms. The molecule has 0 spiro atoms. The van der Waals surface area contributed by atoms with E-state index in [4.69, 9.17) is 0 Å². The number of pyridine rings is 1. The van der Waals surface area contributed by atoms with E-state index in [0.29, 0.717) is 12.2 Å². The second-order valence-corrected chi connectivity index (χ2v) is 4.02. The average Bonchev–Trinajstić information content (AvgIpc) is 2.37. The summed E-state index contributed by atoms with van der Waals surface area (Å²) >= 11 is 0. The van der Waals surface area contributed by atoms with Crippen LogP contribution in [-0.2, 0) is 0 Å². The highest BCUT2D eigenvalue weighted by molar-refractivity contribution is 5.88. The number of rotatable bonds is 6. The lowest BCUT2D eigenvalue weighted by molar-refractivity contribution is -0.154. The molecule has 1 aromatic rings. The second-order valence-electron chi connectivity index (χ2n) is 4.02. The third kappa shape index (κ3) is 6.81. The normalized spacial score (nSPS) is 11.0. The van der Waals surface area contributed by atoms with E-state index in [9.17, 15) is 18.0 Å². The predicted octanol–water partition coefficient (Wildman–Crippen LogP) is 2.94. The Morgan fingerprint density at radius 1 is 1.40 bits per heavy atom. The molecule has 0 radical (unpaired) electrons. The van der Waals surface area contributed by atoms with Crippen LogP contribution in [0, 0.1) is 0 Å². The van der Waals surface area contributed by atoms with E-state index in [1.54, 1.807) is 0 Å². The van der Waals surface area contributed by atoms with Gasteiger partial charge in [0.15, 0.2) is 6.61 Å². The van der Waals surface area contributed by atoms with E-state index in [0.717, 1.165) is 12.8 Å². The van der Waals surface area contributed by atoms with Gasteiger partial charge in [0.25, 0.3) is 0 Å². The molecular formula is C12H16F3N3O2. The maximum Gasteiger partial charge on any atom is 0.422 e. The van der Waals surface area contributed by atoms with E-state index >= 15 is 0 Å². The summed E-state index contributed by atoms with van der Waals surface area (Å²) in [4.78, 5) is 15.1. The van der Waals surface area contributed by atoms with Crippen LogP contribution in [-0.4, -0.2) is 30.3 Å². The fourth-order valence-corrected chi connectivity index (χ4v) is 1.25. The van der Waals surface area contributed by atoms with Crippen molar-refractivity contribution in [3.05, 3.63) is 18.3 Å². The Morgan fingerprint density at radius 2 is 2.15 bits per heavy atom. The van der Waals surface area contributed by atoms with Gasteiger partial charge in [0, 0.05) is 12.6 Å². The van der Waals surface area contributed by atoms with Crippen LogP contribution in [0.2, 0.25) is 0 Å². The number of carbonyl (C=O) groups excluding carboxylic acids is 1. The van der Waals surface area contributed by atoms with Gasteiger partial charge in [-0.1, -0.05) is 13.3 Å². The molecule has 0 aromatic carbocycles. The van der Waals surface area contributed by atoms with Crippen molar-refractivity contribution in [1.82, 2.24) is 10.3 Å². The number of halogens is 3. The van der Waals surface area contributed by atoms with E-state index in [-0.39, 0.29) is 11.9 Å². The minimum Gasteiger partial charge on any atom is -0.468 e. The number of ether oxygens (including phenoxy) is 1. The topological polar surface area (TPSA) is 63.2 Å². The fourth-order valence-electron chi connectivity index (χ4n) is 1.25. The quantitative estimate of drug-likeness (QED) is 0.792. The second kappa shape index (κ2) is 7.56. The van der Waals surface area contributed by atoms with Gasteiger partial charge in [-0.05, 0) is 12.5 Å². The molecule has 2 amide bonds. The summed E-state index contributed by atoms with van der Waals surface area (Å²) in [5.74, 6) is -0.153. The number of aromatic nitrogens is 1. The lowest BCUT2D eigenvalue weighted by Gasteiger charge is -2.09. The summed E-state index contributed by atoms with van der Waals surface area (Å²) in [5.41, 5.74) is 0.373. The van der Waals surface area contributed by atoms with E-state index in [2.05, 4.69) is 20.4 Å². The Hall–Kier alpha value is -1.99. The molecule has 0 aliphatic carbocycles. The highest BCUT2D eigenvalue weighted by Gasteiger charge is 2.28. The van der Waals surface area contributed by atoms with E-state index in [1.165, 1.54) is 18.3 Å². The van der Waals surface area contributed by atoms with Crippen LogP contribution in [0.25, 0.3) is 0 Å². The van der Waals surface area contributed by atoms with Crippen molar-refractivity contribution in [1.29, 1.82) is 0 Å². The van der Waals surface area contributed by atoms with Gasteiger partial charge in [-0.15, -0.1) is 0 Å². The lowest BCUT2D eigenvalue weighted by atomic mass is 10.3. The van der Waals surface area contributed by atoms with Gasteiger partial charge < -0.3 is 15.4 Å². The summed E-state index contributed by atoms with van der Waals surface area (Å²) in [6, 6.07) is 2.29. The van der Waals surface area contributed by atoms with Crippen LogP contribution >= 0.6 is 0 Å². The van der Waals surface area contributed by atoms with E-state index < -0.39 is 12.8 Å². The van der Waals surface area contributed by atoms with Crippen molar-refractivity contribution in [3.63, 3.8) is 0 Å². The number of hydrogen-bond acceptors (Lipinski definition) is 3. The number of urea groups is 1. The maximum absolute atomic E-state index is 11.9. The van der Waals surface area contributed by atoms with Crippen LogP contribution < -0.4 is 15.4 Å². The molecule has 1 rings (SSSR count). The fraction of sp³-hybridized carbons (Fsp3) is 0.500. The number of nitrogens with zero attached hydrogens (tertiary/aromatic N) is 1. The molecule has 1 aromatic heterocycles. The molecule has 0 unspecified atom stereocenters. The zero-order chi connectivity index (χ0) is 15.0. The van der Waals surface area contributed by atoms with Crippen molar-refractivity contribution in [2.45, 2.75) is 25.9 Å². The molecule has 2 N–H and O–H groups in total. The minimum atomic E-state index is -4.40. The van der Waals surface area contributed by atoms with Crippen LogP contribution in [0.1, 0.15) is 19.8 Å². The zero-order valence-corrected chi connectivity index (χ0v) is 11.0. The van der Waals surface area contributed by atoms with Crippen LogP contribution in [0.4, 0.5) is 23.7 Å². The van der Waals surface area contributed by atoms with Crippen molar-refractivity contribution in [2.24, 2.45) is 0 Å². The Balaban J connectivity index is 2.40. The monoisotopic (exact) mass is 291 g/mol. The molecule has 0 fully saturated rings. The highest BCUT2D eigenvalue weighted by atomic mass is 19.4. The maximum atomic E-state index is 11.9. The third-order valence-corrected chi connectivity index (χ3v) is 2.19. The number of nitrogens with one attached hydrogen (secondary N) is 2. The van der Waals surface area contributed by atoms with Gasteiger partial charge in [-0.2, -0.15) is 13.2 Å². The molecule has 0 aliphatic rings.